The van der Waals surface area contributed by atoms with Crippen LogP contribution in [0.1, 0.15) is 38.7 Å². The minimum absolute atomic E-state index is 0.162. The predicted octanol–water partition coefficient (Wildman–Crippen LogP) is 4.41. The zero-order valence-corrected chi connectivity index (χ0v) is 11.9. The van der Waals surface area contributed by atoms with E-state index in [2.05, 4.69) is 19.2 Å². The van der Waals surface area contributed by atoms with E-state index in [1.165, 1.54) is 18.4 Å². The molecule has 1 aromatic rings. The van der Waals surface area contributed by atoms with Gasteiger partial charge in [-0.25, -0.2) is 0 Å². The van der Waals surface area contributed by atoms with Crippen LogP contribution in [0.2, 0.25) is 10.0 Å². The van der Waals surface area contributed by atoms with Gasteiger partial charge in [0.2, 0.25) is 0 Å². The van der Waals surface area contributed by atoms with E-state index in [1.54, 1.807) is 0 Å². The molecule has 0 bridgehead atoms. The molecule has 1 aliphatic rings. The van der Waals surface area contributed by atoms with E-state index in [0.717, 1.165) is 23.0 Å². The highest BCUT2D eigenvalue weighted by atomic mass is 35.5. The van der Waals surface area contributed by atoms with E-state index in [4.69, 9.17) is 23.2 Å². The van der Waals surface area contributed by atoms with Crippen molar-refractivity contribution in [3.8, 4) is 0 Å². The number of benzene rings is 1. The largest absolute Gasteiger partial charge is 0.314 e. The summed E-state index contributed by atoms with van der Waals surface area (Å²) in [5, 5.41) is 5.14. The lowest BCUT2D eigenvalue weighted by atomic mass is 9.81. The molecule has 94 valence electrons. The summed E-state index contributed by atoms with van der Waals surface area (Å²) < 4.78 is 0. The van der Waals surface area contributed by atoms with Gasteiger partial charge in [0, 0.05) is 16.1 Å². The molecule has 3 heteroatoms. The summed E-state index contributed by atoms with van der Waals surface area (Å²) in [4.78, 5) is 0. The van der Waals surface area contributed by atoms with Crippen molar-refractivity contribution >= 4 is 23.2 Å². The number of halogens is 2. The van der Waals surface area contributed by atoms with Crippen molar-refractivity contribution in [2.24, 2.45) is 0 Å². The lowest BCUT2D eigenvalue weighted by molar-refractivity contribution is 0.458. The van der Waals surface area contributed by atoms with Gasteiger partial charge in [0.1, 0.15) is 0 Å². The van der Waals surface area contributed by atoms with Crippen molar-refractivity contribution in [1.82, 2.24) is 5.32 Å². The minimum Gasteiger partial charge on any atom is -0.314 e. The van der Waals surface area contributed by atoms with Crippen LogP contribution in [0, 0.1) is 0 Å². The van der Waals surface area contributed by atoms with Gasteiger partial charge in [0.15, 0.2) is 0 Å². The fourth-order valence-corrected chi connectivity index (χ4v) is 3.43. The molecule has 2 rings (SSSR count). The molecule has 1 nitrogen and oxygen atoms in total. The third-order valence-electron chi connectivity index (χ3n) is 3.81. The van der Waals surface area contributed by atoms with Crippen molar-refractivity contribution in [1.29, 1.82) is 0 Å². The van der Waals surface area contributed by atoms with Crippen molar-refractivity contribution in [3.63, 3.8) is 0 Å². The number of nitrogens with one attached hydrogen (secondary N) is 1. The Kier molecular flexibility index (Phi) is 4.02. The normalized spacial score (nSPS) is 28.6. The minimum atomic E-state index is 0.162. The summed E-state index contributed by atoms with van der Waals surface area (Å²) in [6.45, 7) is 5.48. The Bertz CT molecular complexity index is 405. The summed E-state index contributed by atoms with van der Waals surface area (Å²) in [6, 6.07) is 6.40. The first-order chi connectivity index (χ1) is 8.05. The molecule has 1 aromatic carbocycles. The molecule has 0 saturated heterocycles. The first-order valence-electron chi connectivity index (χ1n) is 6.24. The molecule has 0 aliphatic heterocycles. The van der Waals surface area contributed by atoms with E-state index in [0.29, 0.717) is 6.04 Å². The maximum Gasteiger partial charge on any atom is 0.0444 e. The van der Waals surface area contributed by atoms with E-state index in [1.807, 2.05) is 18.2 Å². The monoisotopic (exact) mass is 271 g/mol. The summed E-state index contributed by atoms with van der Waals surface area (Å²) in [5.41, 5.74) is 1.36. The van der Waals surface area contributed by atoms with Gasteiger partial charge < -0.3 is 5.32 Å². The van der Waals surface area contributed by atoms with E-state index >= 15 is 0 Å². The van der Waals surface area contributed by atoms with Crippen LogP contribution in [-0.2, 0) is 5.41 Å². The molecule has 0 radical (unpaired) electrons. The first-order valence-corrected chi connectivity index (χ1v) is 6.99. The Hall–Kier alpha value is -0.240. The highest BCUT2D eigenvalue weighted by Gasteiger charge is 2.37. The second-order valence-corrected chi connectivity index (χ2v) is 6.03. The van der Waals surface area contributed by atoms with Crippen LogP contribution in [0.3, 0.4) is 0 Å². The molecular weight excluding hydrogens is 253 g/mol. The molecule has 0 heterocycles. The van der Waals surface area contributed by atoms with E-state index in [9.17, 15) is 0 Å². The fraction of sp³-hybridized carbons (Fsp3) is 0.571. The molecule has 0 spiro atoms. The summed E-state index contributed by atoms with van der Waals surface area (Å²) in [6.07, 6.45) is 3.53. The maximum atomic E-state index is 6.31. The molecule has 2 atom stereocenters. The van der Waals surface area contributed by atoms with Gasteiger partial charge in [-0.1, -0.05) is 37.0 Å². The summed E-state index contributed by atoms with van der Waals surface area (Å²) >= 11 is 12.4. The van der Waals surface area contributed by atoms with Gasteiger partial charge in [-0.05, 0) is 55.0 Å². The van der Waals surface area contributed by atoms with Crippen molar-refractivity contribution in [2.45, 2.75) is 44.6 Å². The van der Waals surface area contributed by atoms with Crippen LogP contribution < -0.4 is 5.32 Å². The van der Waals surface area contributed by atoms with E-state index in [-0.39, 0.29) is 5.41 Å². The molecule has 0 amide bonds. The lowest BCUT2D eigenvalue weighted by Crippen LogP contribution is -2.28. The molecule has 1 fully saturated rings. The highest BCUT2D eigenvalue weighted by molar-refractivity contribution is 6.33. The lowest BCUT2D eigenvalue weighted by Gasteiger charge is -2.26. The van der Waals surface area contributed by atoms with Crippen LogP contribution in [-0.4, -0.2) is 12.6 Å². The Balaban J connectivity index is 2.24. The van der Waals surface area contributed by atoms with Crippen LogP contribution in [0.25, 0.3) is 0 Å². The van der Waals surface area contributed by atoms with Crippen molar-refractivity contribution < 1.29 is 0 Å². The van der Waals surface area contributed by atoms with Gasteiger partial charge in [-0.15, -0.1) is 0 Å². The molecule has 17 heavy (non-hydrogen) atoms. The van der Waals surface area contributed by atoms with Gasteiger partial charge >= 0.3 is 0 Å². The zero-order valence-electron chi connectivity index (χ0n) is 10.4. The van der Waals surface area contributed by atoms with Gasteiger partial charge in [-0.3, -0.25) is 0 Å². The quantitative estimate of drug-likeness (QED) is 0.859. The third kappa shape index (κ3) is 2.78. The molecule has 1 saturated carbocycles. The Morgan fingerprint density at radius 1 is 1.41 bits per heavy atom. The Morgan fingerprint density at radius 2 is 2.18 bits per heavy atom. The maximum absolute atomic E-state index is 6.31. The van der Waals surface area contributed by atoms with Crippen LogP contribution in [0.5, 0.6) is 0 Å². The zero-order chi connectivity index (χ0) is 12.5. The average Bonchev–Trinajstić information content (AvgIpc) is 2.66. The second kappa shape index (κ2) is 5.17. The smallest absolute Gasteiger partial charge is 0.0444 e. The number of rotatable bonds is 3. The molecule has 1 aliphatic carbocycles. The Labute approximate surface area is 114 Å². The van der Waals surface area contributed by atoms with Crippen LogP contribution in [0.15, 0.2) is 18.2 Å². The topological polar surface area (TPSA) is 12.0 Å². The summed E-state index contributed by atoms with van der Waals surface area (Å²) in [7, 11) is 0. The summed E-state index contributed by atoms with van der Waals surface area (Å²) in [5.74, 6) is 0. The van der Waals surface area contributed by atoms with Crippen LogP contribution >= 0.6 is 23.2 Å². The van der Waals surface area contributed by atoms with Gasteiger partial charge in [0.25, 0.3) is 0 Å². The first kappa shape index (κ1) is 13.2. The van der Waals surface area contributed by atoms with Crippen LogP contribution in [0.4, 0.5) is 0 Å². The fourth-order valence-electron chi connectivity index (χ4n) is 2.91. The second-order valence-electron chi connectivity index (χ2n) is 5.18. The third-order valence-corrected chi connectivity index (χ3v) is 4.38. The number of hydrogen-bond acceptors (Lipinski definition) is 1. The number of hydrogen-bond donors (Lipinski definition) is 1. The average molecular weight is 272 g/mol. The molecule has 0 aromatic heterocycles. The molecule has 1 N–H and O–H groups in total. The predicted molar refractivity (Wildman–Crippen MR) is 75.1 cm³/mol. The van der Waals surface area contributed by atoms with Gasteiger partial charge in [-0.2, -0.15) is 0 Å². The molecular formula is C14H19Cl2N. The van der Waals surface area contributed by atoms with E-state index < -0.39 is 0 Å². The standard InChI is InChI=1S/C14H19Cl2N/c1-3-17-11-6-7-14(2,9-11)12-8-10(15)4-5-13(12)16/h4-5,8,11,17H,3,6-7,9H2,1-2H3. The SMILES string of the molecule is CCNC1CCC(C)(c2cc(Cl)ccc2Cl)C1. The Morgan fingerprint density at radius 3 is 2.88 bits per heavy atom. The highest BCUT2D eigenvalue weighted by Crippen LogP contribution is 2.44. The van der Waals surface area contributed by atoms with Crippen molar-refractivity contribution in [3.05, 3.63) is 33.8 Å². The van der Waals surface area contributed by atoms with Gasteiger partial charge in [0.05, 0.1) is 0 Å². The van der Waals surface area contributed by atoms with Crippen molar-refractivity contribution in [2.75, 3.05) is 6.54 Å². The molecule has 2 unspecified atom stereocenters.